The third-order valence-electron chi connectivity index (χ3n) is 3.05. The molecular formula is C17H17N3O6. The number of imide groups is 1. The number of hydrogen-bond donors (Lipinski definition) is 3. The van der Waals surface area contributed by atoms with Crippen molar-refractivity contribution < 1.29 is 28.3 Å². The van der Waals surface area contributed by atoms with Crippen LogP contribution in [0.3, 0.4) is 0 Å². The SMILES string of the molecule is O=C(COC(=O)CNC(=O)c1ccccc1)NC(=O)NCc1ccco1. The van der Waals surface area contributed by atoms with Gasteiger partial charge < -0.3 is 19.8 Å². The maximum absolute atomic E-state index is 11.7. The molecule has 0 saturated carbocycles. The maximum atomic E-state index is 11.7. The van der Waals surface area contributed by atoms with E-state index in [4.69, 9.17) is 4.42 Å². The number of hydrogen-bond acceptors (Lipinski definition) is 6. The number of amides is 4. The molecule has 136 valence electrons. The normalized spacial score (nSPS) is 9.85. The Hall–Kier alpha value is -3.62. The standard InChI is InChI=1S/C17H17N3O6/c21-14(20-17(24)19-9-13-7-4-8-25-13)11-26-15(22)10-18-16(23)12-5-2-1-3-6-12/h1-8H,9-11H2,(H,18,23)(H2,19,20,21,24). The summed E-state index contributed by atoms with van der Waals surface area (Å²) in [4.78, 5) is 46.3. The first-order valence-electron chi connectivity index (χ1n) is 7.63. The first-order valence-corrected chi connectivity index (χ1v) is 7.63. The molecule has 0 spiro atoms. The molecule has 0 fully saturated rings. The maximum Gasteiger partial charge on any atom is 0.325 e. The lowest BCUT2D eigenvalue weighted by molar-refractivity contribution is -0.147. The minimum atomic E-state index is -0.805. The van der Waals surface area contributed by atoms with Crippen LogP contribution in [0.2, 0.25) is 0 Å². The molecule has 0 bridgehead atoms. The Labute approximate surface area is 148 Å². The Morgan fingerprint density at radius 2 is 1.73 bits per heavy atom. The summed E-state index contributed by atoms with van der Waals surface area (Å²) in [5.74, 6) is -1.53. The first kappa shape index (κ1) is 18.7. The molecule has 0 radical (unpaired) electrons. The first-order chi connectivity index (χ1) is 12.5. The Balaban J connectivity index is 1.61. The van der Waals surface area contributed by atoms with E-state index >= 15 is 0 Å². The van der Waals surface area contributed by atoms with Gasteiger partial charge in [-0.1, -0.05) is 18.2 Å². The van der Waals surface area contributed by atoms with E-state index in [9.17, 15) is 19.2 Å². The summed E-state index contributed by atoms with van der Waals surface area (Å²) < 4.78 is 9.69. The van der Waals surface area contributed by atoms with Crippen LogP contribution in [0.15, 0.2) is 53.1 Å². The highest BCUT2D eigenvalue weighted by molar-refractivity contribution is 5.97. The molecule has 2 rings (SSSR count). The highest BCUT2D eigenvalue weighted by Gasteiger charge is 2.12. The number of ether oxygens (including phenoxy) is 1. The number of carbonyl (C=O) groups is 4. The van der Waals surface area contributed by atoms with Crippen LogP contribution in [-0.2, 0) is 20.9 Å². The van der Waals surface area contributed by atoms with Gasteiger partial charge in [-0.2, -0.15) is 0 Å². The van der Waals surface area contributed by atoms with Crippen LogP contribution in [0.5, 0.6) is 0 Å². The summed E-state index contributed by atoms with van der Waals surface area (Å²) >= 11 is 0. The third kappa shape index (κ3) is 6.48. The van der Waals surface area contributed by atoms with Crippen LogP contribution in [-0.4, -0.2) is 37.0 Å². The second kappa shape index (κ2) is 9.62. The minimum absolute atomic E-state index is 0.109. The average Bonchev–Trinajstić information content (AvgIpc) is 3.17. The average molecular weight is 359 g/mol. The van der Waals surface area contributed by atoms with Crippen LogP contribution >= 0.6 is 0 Å². The molecule has 4 amide bonds. The summed E-state index contributed by atoms with van der Waals surface area (Å²) in [5, 5.41) is 6.76. The minimum Gasteiger partial charge on any atom is -0.467 e. The summed E-state index contributed by atoms with van der Waals surface area (Å²) in [6, 6.07) is 10.9. The number of rotatable bonds is 7. The van der Waals surface area contributed by atoms with Gasteiger partial charge in [0.2, 0.25) is 0 Å². The van der Waals surface area contributed by atoms with Gasteiger partial charge in [0.1, 0.15) is 12.3 Å². The summed E-state index contributed by atoms with van der Waals surface area (Å²) in [6.07, 6.45) is 1.45. The van der Waals surface area contributed by atoms with Gasteiger partial charge in [-0.15, -0.1) is 0 Å². The summed E-state index contributed by atoms with van der Waals surface area (Å²) in [7, 11) is 0. The molecule has 1 aromatic carbocycles. The molecule has 0 saturated heterocycles. The van der Waals surface area contributed by atoms with Gasteiger partial charge in [-0.3, -0.25) is 19.7 Å². The zero-order chi connectivity index (χ0) is 18.8. The van der Waals surface area contributed by atoms with Gasteiger partial charge in [-0.25, -0.2) is 4.79 Å². The van der Waals surface area contributed by atoms with E-state index in [-0.39, 0.29) is 6.54 Å². The van der Waals surface area contributed by atoms with Crippen LogP contribution in [0.4, 0.5) is 4.79 Å². The second-order valence-corrected chi connectivity index (χ2v) is 5.02. The fourth-order valence-corrected chi connectivity index (χ4v) is 1.83. The highest BCUT2D eigenvalue weighted by Crippen LogP contribution is 1.98. The third-order valence-corrected chi connectivity index (χ3v) is 3.05. The van der Waals surface area contributed by atoms with Crippen LogP contribution in [0, 0.1) is 0 Å². The summed E-state index contributed by atoms with van der Waals surface area (Å²) in [5.41, 5.74) is 0.395. The Bertz CT molecular complexity index is 758. The molecule has 26 heavy (non-hydrogen) atoms. The van der Waals surface area contributed by atoms with Crippen molar-refractivity contribution in [2.45, 2.75) is 6.54 Å². The molecule has 1 heterocycles. The molecule has 2 aromatic rings. The van der Waals surface area contributed by atoms with Crippen molar-refractivity contribution in [1.82, 2.24) is 16.0 Å². The van der Waals surface area contributed by atoms with Crippen molar-refractivity contribution >= 4 is 23.8 Å². The number of urea groups is 1. The Morgan fingerprint density at radius 1 is 0.962 bits per heavy atom. The molecule has 0 aliphatic carbocycles. The molecule has 3 N–H and O–H groups in total. The monoisotopic (exact) mass is 359 g/mol. The molecule has 0 aliphatic heterocycles. The van der Waals surface area contributed by atoms with Crippen molar-refractivity contribution in [2.75, 3.05) is 13.2 Å². The van der Waals surface area contributed by atoms with Crippen LogP contribution in [0.25, 0.3) is 0 Å². The number of benzene rings is 1. The Morgan fingerprint density at radius 3 is 2.42 bits per heavy atom. The molecule has 0 unspecified atom stereocenters. The number of furan rings is 1. The van der Waals surface area contributed by atoms with Crippen molar-refractivity contribution in [3.8, 4) is 0 Å². The lowest BCUT2D eigenvalue weighted by Crippen LogP contribution is -2.41. The fraction of sp³-hybridized carbons (Fsp3) is 0.176. The van der Waals surface area contributed by atoms with E-state index in [0.717, 1.165) is 0 Å². The zero-order valence-corrected chi connectivity index (χ0v) is 13.7. The smallest absolute Gasteiger partial charge is 0.325 e. The van der Waals surface area contributed by atoms with Crippen molar-refractivity contribution in [1.29, 1.82) is 0 Å². The van der Waals surface area contributed by atoms with E-state index < -0.39 is 37.0 Å². The van der Waals surface area contributed by atoms with Gasteiger partial charge in [0.25, 0.3) is 11.8 Å². The van der Waals surface area contributed by atoms with E-state index in [1.807, 2.05) is 5.32 Å². The van der Waals surface area contributed by atoms with Gasteiger partial charge >= 0.3 is 12.0 Å². The van der Waals surface area contributed by atoms with Crippen molar-refractivity contribution in [3.05, 3.63) is 60.1 Å². The lowest BCUT2D eigenvalue weighted by Gasteiger charge is -2.07. The summed E-state index contributed by atoms with van der Waals surface area (Å²) in [6.45, 7) is -0.933. The van der Waals surface area contributed by atoms with Gasteiger partial charge in [0.15, 0.2) is 6.61 Å². The number of nitrogens with one attached hydrogen (secondary N) is 3. The van der Waals surface area contributed by atoms with Gasteiger partial charge in [0.05, 0.1) is 12.8 Å². The predicted molar refractivity (Wildman–Crippen MR) is 88.8 cm³/mol. The molecular weight excluding hydrogens is 342 g/mol. The topological polar surface area (TPSA) is 127 Å². The molecule has 1 aromatic heterocycles. The fourth-order valence-electron chi connectivity index (χ4n) is 1.83. The molecule has 9 nitrogen and oxygen atoms in total. The van der Waals surface area contributed by atoms with Gasteiger partial charge in [0, 0.05) is 5.56 Å². The quantitative estimate of drug-likeness (QED) is 0.621. The lowest BCUT2D eigenvalue weighted by atomic mass is 10.2. The number of esters is 1. The molecule has 9 heteroatoms. The van der Waals surface area contributed by atoms with E-state index in [1.165, 1.54) is 6.26 Å². The van der Waals surface area contributed by atoms with Crippen molar-refractivity contribution in [2.24, 2.45) is 0 Å². The Kier molecular flexibility index (Phi) is 6.93. The van der Waals surface area contributed by atoms with Crippen LogP contribution in [0.1, 0.15) is 16.1 Å². The zero-order valence-electron chi connectivity index (χ0n) is 13.7. The van der Waals surface area contributed by atoms with E-state index in [1.54, 1.807) is 42.5 Å². The molecule has 0 aliphatic rings. The highest BCUT2D eigenvalue weighted by atomic mass is 16.5. The van der Waals surface area contributed by atoms with Crippen LogP contribution < -0.4 is 16.0 Å². The van der Waals surface area contributed by atoms with E-state index in [2.05, 4.69) is 15.4 Å². The number of carbonyl (C=O) groups excluding carboxylic acids is 4. The van der Waals surface area contributed by atoms with E-state index in [0.29, 0.717) is 11.3 Å². The predicted octanol–water partition coefficient (Wildman–Crippen LogP) is 0.579. The van der Waals surface area contributed by atoms with Crippen molar-refractivity contribution in [3.63, 3.8) is 0 Å². The largest absolute Gasteiger partial charge is 0.467 e. The second-order valence-electron chi connectivity index (χ2n) is 5.02. The van der Waals surface area contributed by atoms with Gasteiger partial charge in [-0.05, 0) is 24.3 Å². The molecule has 0 atom stereocenters.